The lowest BCUT2D eigenvalue weighted by atomic mass is 10.2. The van der Waals surface area contributed by atoms with Crippen molar-refractivity contribution < 1.29 is 19.4 Å². The van der Waals surface area contributed by atoms with Crippen molar-refractivity contribution in [2.75, 3.05) is 11.9 Å². The Balaban J connectivity index is 1.73. The van der Waals surface area contributed by atoms with Gasteiger partial charge in [-0.3, -0.25) is 4.79 Å². The van der Waals surface area contributed by atoms with E-state index in [0.29, 0.717) is 11.4 Å². The number of phenolic OH excluding ortho intramolecular Hbond substituents is 1. The summed E-state index contributed by atoms with van der Waals surface area (Å²) in [5.41, 5.74) is 2.51. The largest absolute Gasteiger partial charge is 0.508 e. The van der Waals surface area contributed by atoms with Crippen molar-refractivity contribution >= 4 is 17.7 Å². The molecule has 1 aliphatic rings. The van der Waals surface area contributed by atoms with Crippen molar-refractivity contribution in [2.24, 2.45) is 0 Å². The number of benzene rings is 1. The van der Waals surface area contributed by atoms with Gasteiger partial charge in [0.15, 0.2) is 6.61 Å². The lowest BCUT2D eigenvalue weighted by Gasteiger charge is -2.19. The highest BCUT2D eigenvalue weighted by atomic mass is 16.5. The van der Waals surface area contributed by atoms with E-state index in [0.717, 1.165) is 36.9 Å². The number of carbonyl (C=O) groups is 2. The summed E-state index contributed by atoms with van der Waals surface area (Å²) >= 11 is 0. The smallest absolute Gasteiger partial charge is 0.338 e. The first kappa shape index (κ1) is 19.5. The number of carbonyl (C=O) groups excluding carboxylic acids is 2. The molecule has 1 saturated carbocycles. The highest BCUT2D eigenvalue weighted by molar-refractivity contribution is 5.96. The molecule has 0 bridgehead atoms. The molecule has 2 aromatic rings. The summed E-state index contributed by atoms with van der Waals surface area (Å²) in [5.74, 6) is -0.638. The first-order valence-corrected chi connectivity index (χ1v) is 9.30. The van der Waals surface area contributed by atoms with E-state index in [9.17, 15) is 20.0 Å². The summed E-state index contributed by atoms with van der Waals surface area (Å²) in [6.45, 7) is 3.37. The molecule has 146 valence electrons. The fourth-order valence-corrected chi connectivity index (χ4v) is 3.69. The van der Waals surface area contributed by atoms with E-state index in [4.69, 9.17) is 4.74 Å². The molecule has 28 heavy (non-hydrogen) atoms. The van der Waals surface area contributed by atoms with Gasteiger partial charge >= 0.3 is 5.97 Å². The van der Waals surface area contributed by atoms with Gasteiger partial charge in [0.1, 0.15) is 17.6 Å². The van der Waals surface area contributed by atoms with E-state index < -0.39 is 18.5 Å². The Morgan fingerprint density at radius 3 is 2.50 bits per heavy atom. The zero-order chi connectivity index (χ0) is 20.3. The molecule has 0 aliphatic heterocycles. The van der Waals surface area contributed by atoms with Gasteiger partial charge in [-0.15, -0.1) is 0 Å². The Morgan fingerprint density at radius 2 is 1.89 bits per heavy atom. The second-order valence-electron chi connectivity index (χ2n) is 7.03. The summed E-state index contributed by atoms with van der Waals surface area (Å²) in [5, 5.41) is 21.6. The normalized spacial score (nSPS) is 13.9. The van der Waals surface area contributed by atoms with Crippen LogP contribution in [0.3, 0.4) is 0 Å². The lowest BCUT2D eigenvalue weighted by Crippen LogP contribution is -2.23. The minimum absolute atomic E-state index is 0.0386. The van der Waals surface area contributed by atoms with Gasteiger partial charge in [0.05, 0.1) is 11.1 Å². The Morgan fingerprint density at radius 1 is 1.25 bits per heavy atom. The van der Waals surface area contributed by atoms with Crippen LogP contribution in [0.25, 0.3) is 0 Å². The first-order chi connectivity index (χ1) is 13.4. The minimum atomic E-state index is -0.658. The fourth-order valence-electron chi connectivity index (χ4n) is 3.69. The quantitative estimate of drug-likeness (QED) is 0.770. The zero-order valence-corrected chi connectivity index (χ0v) is 16.0. The number of aromatic nitrogens is 1. The first-order valence-electron chi connectivity index (χ1n) is 9.30. The monoisotopic (exact) mass is 381 g/mol. The molecular formula is C21H23N3O4. The summed E-state index contributed by atoms with van der Waals surface area (Å²) < 4.78 is 7.10. The number of hydrogen-bond donors (Lipinski definition) is 2. The molecule has 0 spiro atoms. The van der Waals surface area contributed by atoms with E-state index in [1.807, 2.05) is 18.4 Å². The number of nitrogens with one attached hydrogen (secondary N) is 1. The van der Waals surface area contributed by atoms with Crippen LogP contribution in [0.15, 0.2) is 24.3 Å². The highest BCUT2D eigenvalue weighted by Gasteiger charge is 2.26. The topological polar surface area (TPSA) is 104 Å². The number of esters is 1. The van der Waals surface area contributed by atoms with Crippen LogP contribution in [-0.2, 0) is 9.53 Å². The molecule has 1 amide bonds. The van der Waals surface area contributed by atoms with E-state index in [-0.39, 0.29) is 17.4 Å². The molecular weight excluding hydrogens is 358 g/mol. The summed E-state index contributed by atoms with van der Waals surface area (Å²) in [6, 6.07) is 8.02. The third-order valence-corrected chi connectivity index (χ3v) is 5.25. The zero-order valence-electron chi connectivity index (χ0n) is 16.0. The molecule has 1 aromatic heterocycles. The van der Waals surface area contributed by atoms with Gasteiger partial charge in [0.2, 0.25) is 0 Å². The number of ether oxygens (including phenoxy) is 1. The molecule has 2 N–H and O–H groups in total. The molecule has 7 heteroatoms. The van der Waals surface area contributed by atoms with Crippen molar-refractivity contribution in [3.63, 3.8) is 0 Å². The standard InChI is InChI=1S/C21H23N3O4/c1-13-14(2)24(16-5-3-4-6-16)20(18(13)11-22)23-19(26)12-28-21(27)15-7-9-17(25)10-8-15/h7-10,16,25H,3-6,12H2,1-2H3,(H,23,26). The summed E-state index contributed by atoms with van der Waals surface area (Å²) in [6.07, 6.45) is 4.28. The number of anilines is 1. The second kappa shape index (κ2) is 8.17. The predicted octanol–water partition coefficient (Wildman–Crippen LogP) is 3.59. The maximum absolute atomic E-state index is 12.4. The van der Waals surface area contributed by atoms with Crippen molar-refractivity contribution in [2.45, 2.75) is 45.6 Å². The van der Waals surface area contributed by atoms with Gasteiger partial charge in [0.25, 0.3) is 5.91 Å². The summed E-state index contributed by atoms with van der Waals surface area (Å²) in [7, 11) is 0. The van der Waals surface area contributed by atoms with Crippen molar-refractivity contribution in [1.29, 1.82) is 5.26 Å². The van der Waals surface area contributed by atoms with E-state index in [2.05, 4.69) is 11.4 Å². The predicted molar refractivity (Wildman–Crippen MR) is 103 cm³/mol. The van der Waals surface area contributed by atoms with Gasteiger partial charge < -0.3 is 19.7 Å². The van der Waals surface area contributed by atoms with E-state index in [1.54, 1.807) is 0 Å². The molecule has 0 unspecified atom stereocenters. The van der Waals surface area contributed by atoms with Gasteiger partial charge in [-0.1, -0.05) is 12.8 Å². The molecule has 1 aromatic carbocycles. The number of nitriles is 1. The molecule has 1 fully saturated rings. The third-order valence-electron chi connectivity index (χ3n) is 5.25. The number of hydrogen-bond acceptors (Lipinski definition) is 5. The van der Waals surface area contributed by atoms with Crippen LogP contribution >= 0.6 is 0 Å². The minimum Gasteiger partial charge on any atom is -0.508 e. The van der Waals surface area contributed by atoms with Gasteiger partial charge in [-0.2, -0.15) is 5.26 Å². The van der Waals surface area contributed by atoms with Gasteiger partial charge in [-0.25, -0.2) is 4.79 Å². The van der Waals surface area contributed by atoms with Crippen LogP contribution in [0.1, 0.15) is 58.9 Å². The average molecular weight is 381 g/mol. The average Bonchev–Trinajstić information content (AvgIpc) is 3.28. The van der Waals surface area contributed by atoms with Crippen LogP contribution in [0, 0.1) is 25.2 Å². The Labute approximate surface area is 163 Å². The van der Waals surface area contributed by atoms with E-state index in [1.165, 1.54) is 24.3 Å². The van der Waals surface area contributed by atoms with Crippen molar-refractivity contribution in [3.8, 4) is 11.8 Å². The van der Waals surface area contributed by atoms with E-state index >= 15 is 0 Å². The number of nitrogens with zero attached hydrogens (tertiary/aromatic N) is 2. The second-order valence-corrected chi connectivity index (χ2v) is 7.03. The van der Waals surface area contributed by atoms with Crippen LogP contribution in [0.4, 0.5) is 5.82 Å². The number of rotatable bonds is 5. The maximum Gasteiger partial charge on any atom is 0.338 e. The third kappa shape index (κ3) is 3.86. The van der Waals surface area contributed by atoms with Gasteiger partial charge in [0, 0.05) is 11.7 Å². The van der Waals surface area contributed by atoms with Crippen LogP contribution in [-0.4, -0.2) is 28.2 Å². The molecule has 0 saturated heterocycles. The van der Waals surface area contributed by atoms with Crippen LogP contribution in [0.2, 0.25) is 0 Å². The fraction of sp³-hybridized carbons (Fsp3) is 0.381. The Bertz CT molecular complexity index is 932. The molecule has 1 aliphatic carbocycles. The molecule has 1 heterocycles. The molecule has 3 rings (SSSR count). The van der Waals surface area contributed by atoms with Crippen molar-refractivity contribution in [3.05, 3.63) is 46.6 Å². The molecule has 7 nitrogen and oxygen atoms in total. The summed E-state index contributed by atoms with van der Waals surface area (Å²) in [4.78, 5) is 24.4. The molecule has 0 radical (unpaired) electrons. The number of amides is 1. The highest BCUT2D eigenvalue weighted by Crippen LogP contribution is 2.37. The lowest BCUT2D eigenvalue weighted by molar-refractivity contribution is -0.119. The Kier molecular flexibility index (Phi) is 5.69. The van der Waals surface area contributed by atoms with Crippen LogP contribution < -0.4 is 5.32 Å². The number of phenols is 1. The molecule has 0 atom stereocenters. The SMILES string of the molecule is Cc1c(C#N)c(NC(=O)COC(=O)c2ccc(O)cc2)n(C2CCCC2)c1C. The Hall–Kier alpha value is -3.27. The number of aromatic hydroxyl groups is 1. The van der Waals surface area contributed by atoms with Crippen LogP contribution in [0.5, 0.6) is 5.75 Å². The maximum atomic E-state index is 12.4. The van der Waals surface area contributed by atoms with Gasteiger partial charge in [-0.05, 0) is 56.5 Å². The van der Waals surface area contributed by atoms with Crippen molar-refractivity contribution in [1.82, 2.24) is 4.57 Å².